The number of aromatic nitrogens is 8. The first-order valence-corrected chi connectivity index (χ1v) is 21.7. The maximum atomic E-state index is 12.8. The van der Waals surface area contributed by atoms with Gasteiger partial charge in [-0.25, -0.2) is 0 Å². The molecule has 6 rings (SSSR count). The van der Waals surface area contributed by atoms with E-state index in [1.165, 1.54) is 9.80 Å². The number of tetrazole rings is 2. The number of carboxylic acids is 2. The third-order valence-electron chi connectivity index (χ3n) is 10.8. The molecule has 0 saturated heterocycles. The Hall–Kier alpha value is -6.00. The summed E-state index contributed by atoms with van der Waals surface area (Å²) >= 11 is 0. The van der Waals surface area contributed by atoms with Crippen molar-refractivity contribution in [2.45, 2.75) is 105 Å². The summed E-state index contributed by atoms with van der Waals surface area (Å²) in [6.07, 6.45) is 3.82. The maximum Gasteiger partial charge on any atom is 2.00 e. The number of H-pyrrole nitrogens is 2. The van der Waals surface area contributed by atoms with Gasteiger partial charge in [0.05, 0.1) is 24.0 Å². The van der Waals surface area contributed by atoms with Crippen LogP contribution in [0.25, 0.3) is 45.0 Å². The molecular formula is C48H64CaN10O10. The first-order valence-electron chi connectivity index (χ1n) is 21.7. The van der Waals surface area contributed by atoms with Gasteiger partial charge in [0.1, 0.15) is 0 Å². The summed E-state index contributed by atoms with van der Waals surface area (Å²) in [5.41, 5.74) is 7.21. The van der Waals surface area contributed by atoms with E-state index in [9.17, 15) is 29.4 Å². The molecule has 2 heterocycles. The molecule has 69 heavy (non-hydrogen) atoms. The van der Waals surface area contributed by atoms with E-state index in [0.717, 1.165) is 70.2 Å². The third-order valence-corrected chi connectivity index (χ3v) is 10.8. The largest absolute Gasteiger partial charge is 2.00 e. The molecule has 2 atom stereocenters. The standard InChI is InChI=1S/2C24H29N5O3.Ca.4H2O/c2*1-4-5-10-21(30)29(22(16(2)3)24(31)32)15-17-11-13-18(14-12-17)19-8-6-7-9-20(19)23-25-27-28-26-23;;;;;/h2*6-9,11-14,16,22H,4-5,10,15H2,1-3H3,(H,31,32)(H,25,26,27,28);;4*1H2/q;;+2;;;;/p-2/t2*22-;;;;;/m00...../s1. The van der Waals surface area contributed by atoms with Crippen molar-refractivity contribution in [1.82, 2.24) is 51.0 Å². The number of carbonyl (C=O) groups is 4. The van der Waals surface area contributed by atoms with Gasteiger partial charge in [-0.15, -0.1) is 20.4 Å². The van der Waals surface area contributed by atoms with Crippen molar-refractivity contribution in [3.8, 4) is 45.0 Å². The molecule has 4 aromatic carbocycles. The summed E-state index contributed by atoms with van der Waals surface area (Å²) in [5.74, 6) is -2.29. The van der Waals surface area contributed by atoms with Gasteiger partial charge in [-0.3, -0.25) is 9.59 Å². The molecule has 0 aliphatic heterocycles. The molecule has 368 valence electrons. The maximum absolute atomic E-state index is 12.8. The number of hydrogen-bond acceptors (Lipinski definition) is 12. The van der Waals surface area contributed by atoms with Crippen molar-refractivity contribution in [2.75, 3.05) is 0 Å². The monoisotopic (exact) mass is 980 g/mol. The molecular weight excluding hydrogens is 917 g/mol. The van der Waals surface area contributed by atoms with Crippen LogP contribution in [0.4, 0.5) is 0 Å². The summed E-state index contributed by atoms with van der Waals surface area (Å²) in [5, 5.41) is 52.1. The number of carbonyl (C=O) groups excluding carboxylic acids is 4. The number of aliphatic carboxylic acids is 2. The first kappa shape index (κ1) is 63.0. The molecule has 0 unspecified atom stereocenters. The van der Waals surface area contributed by atoms with Crippen LogP contribution >= 0.6 is 0 Å². The van der Waals surface area contributed by atoms with E-state index in [1.807, 2.05) is 111 Å². The van der Waals surface area contributed by atoms with E-state index >= 15 is 0 Å². The number of unbranched alkanes of at least 4 members (excludes halogenated alkanes) is 2. The number of carboxylic acid groups (broad SMARTS) is 2. The van der Waals surface area contributed by atoms with Gasteiger partial charge in [-0.05, 0) is 68.5 Å². The van der Waals surface area contributed by atoms with Crippen LogP contribution in [0.15, 0.2) is 97.1 Å². The van der Waals surface area contributed by atoms with E-state index in [1.54, 1.807) is 27.7 Å². The molecule has 0 spiro atoms. The van der Waals surface area contributed by atoms with Crippen LogP contribution < -0.4 is 10.2 Å². The van der Waals surface area contributed by atoms with E-state index < -0.39 is 24.0 Å². The first-order chi connectivity index (χ1) is 30.8. The zero-order valence-electron chi connectivity index (χ0n) is 39.9. The van der Waals surface area contributed by atoms with Crippen molar-refractivity contribution in [3.05, 3.63) is 108 Å². The number of rotatable bonds is 20. The van der Waals surface area contributed by atoms with E-state index in [-0.39, 0.29) is 96.4 Å². The molecule has 2 amide bonds. The Kier molecular flexibility index (Phi) is 28.5. The third kappa shape index (κ3) is 17.2. The summed E-state index contributed by atoms with van der Waals surface area (Å²) < 4.78 is 0. The fourth-order valence-corrected chi connectivity index (χ4v) is 7.53. The Morgan fingerprint density at radius 3 is 1.10 bits per heavy atom. The second-order valence-electron chi connectivity index (χ2n) is 16.2. The van der Waals surface area contributed by atoms with Crippen LogP contribution in [-0.2, 0) is 32.3 Å². The number of nitrogens with one attached hydrogen (secondary N) is 2. The zero-order chi connectivity index (χ0) is 46.2. The second kappa shape index (κ2) is 31.2. The van der Waals surface area contributed by atoms with Gasteiger partial charge in [-0.2, -0.15) is 10.4 Å². The van der Waals surface area contributed by atoms with E-state index in [0.29, 0.717) is 24.5 Å². The summed E-state index contributed by atoms with van der Waals surface area (Å²) in [6, 6.07) is 29.0. The molecule has 20 nitrogen and oxygen atoms in total. The Morgan fingerprint density at radius 1 is 0.522 bits per heavy atom. The van der Waals surface area contributed by atoms with Crippen molar-refractivity contribution in [1.29, 1.82) is 0 Å². The van der Waals surface area contributed by atoms with Crippen LogP contribution in [0.1, 0.15) is 91.2 Å². The van der Waals surface area contributed by atoms with Gasteiger partial charge in [0.25, 0.3) is 0 Å². The molecule has 2 aromatic heterocycles. The number of benzene rings is 4. The Balaban J connectivity index is 0.00000125. The average Bonchev–Trinajstić information content (AvgIpc) is 4.04. The fraction of sp³-hybridized carbons (Fsp3) is 0.375. The fourth-order valence-electron chi connectivity index (χ4n) is 7.53. The molecule has 0 radical (unpaired) electrons. The van der Waals surface area contributed by atoms with Gasteiger partial charge < -0.3 is 51.5 Å². The minimum absolute atomic E-state index is 0. The quantitative estimate of drug-likeness (QED) is 0.104. The number of amides is 2. The van der Waals surface area contributed by atoms with Crippen molar-refractivity contribution in [2.24, 2.45) is 11.8 Å². The van der Waals surface area contributed by atoms with Gasteiger partial charge >= 0.3 is 37.7 Å². The zero-order valence-corrected chi connectivity index (χ0v) is 42.1. The molecule has 21 heteroatoms. The van der Waals surface area contributed by atoms with Crippen molar-refractivity contribution < 1.29 is 51.3 Å². The minimum atomic E-state index is -1.23. The van der Waals surface area contributed by atoms with E-state index in [2.05, 4.69) is 41.2 Å². The smallest absolute Gasteiger partial charge is 0.548 e. The topological polar surface area (TPSA) is 356 Å². The summed E-state index contributed by atoms with van der Waals surface area (Å²) in [4.78, 5) is 52.2. The van der Waals surface area contributed by atoms with Crippen LogP contribution in [0.2, 0.25) is 0 Å². The minimum Gasteiger partial charge on any atom is -0.548 e. The molecule has 6 aromatic rings. The van der Waals surface area contributed by atoms with Gasteiger partial charge in [-0.1, -0.05) is 151 Å². The molecule has 0 saturated carbocycles. The number of aromatic amines is 2. The van der Waals surface area contributed by atoms with Crippen molar-refractivity contribution >= 4 is 61.5 Å². The normalized spacial score (nSPS) is 11.1. The van der Waals surface area contributed by atoms with Crippen LogP contribution in [0, 0.1) is 11.8 Å². The number of hydrogen-bond donors (Lipinski definition) is 2. The Morgan fingerprint density at radius 2 is 0.841 bits per heavy atom. The van der Waals surface area contributed by atoms with Gasteiger partial charge in [0, 0.05) is 37.1 Å². The van der Waals surface area contributed by atoms with Crippen LogP contribution in [-0.4, -0.2) is 147 Å². The van der Waals surface area contributed by atoms with Crippen LogP contribution in [0.3, 0.4) is 0 Å². The summed E-state index contributed by atoms with van der Waals surface area (Å²) in [7, 11) is 0. The molecule has 0 fully saturated rings. The Labute approximate surface area is 431 Å². The van der Waals surface area contributed by atoms with Gasteiger partial charge in [0.2, 0.25) is 23.5 Å². The second-order valence-corrected chi connectivity index (χ2v) is 16.2. The molecule has 0 aliphatic carbocycles. The van der Waals surface area contributed by atoms with Crippen LogP contribution in [0.5, 0.6) is 0 Å². The van der Waals surface area contributed by atoms with Gasteiger partial charge in [0.15, 0.2) is 0 Å². The van der Waals surface area contributed by atoms with E-state index in [4.69, 9.17) is 0 Å². The molecule has 10 N–H and O–H groups in total. The predicted molar refractivity (Wildman–Crippen MR) is 258 cm³/mol. The average molecular weight is 981 g/mol. The SMILES string of the molecule is CCCCC(=O)N(Cc1ccc(-c2ccccc2-c2nn[nH]n2)cc1)[C@H](C(=O)[O-])C(C)C.CCCCC(=O)N(Cc1ccc(-c2ccccc2-c2nn[nH]n2)cc1)[C@H](C(=O)[O-])C(C)C.O.O.O.O.[Ca+2]. The Bertz CT molecular complexity index is 2250. The molecule has 0 aliphatic rings. The van der Waals surface area contributed by atoms with Crippen molar-refractivity contribution in [3.63, 3.8) is 0 Å². The molecule has 0 bridgehead atoms. The summed E-state index contributed by atoms with van der Waals surface area (Å²) in [6.45, 7) is 11.6. The number of nitrogens with zero attached hydrogens (tertiary/aromatic N) is 8. The predicted octanol–water partition coefficient (Wildman–Crippen LogP) is 1.97.